The number of piperidine rings is 1. The second-order valence-corrected chi connectivity index (χ2v) is 13.9. The van der Waals surface area contributed by atoms with Crippen molar-refractivity contribution < 1.29 is 23.2 Å². The summed E-state index contributed by atoms with van der Waals surface area (Å²) in [5, 5.41) is 20.0. The minimum absolute atomic E-state index is 0.0250. The Morgan fingerprint density at radius 3 is 2.23 bits per heavy atom. The predicted octanol–water partition coefficient (Wildman–Crippen LogP) is 6.77. The lowest BCUT2D eigenvalue weighted by atomic mass is 9.90. The molecule has 9 nitrogen and oxygen atoms in total. The van der Waals surface area contributed by atoms with Crippen LogP contribution in [0.1, 0.15) is 49.7 Å². The molecule has 4 rings (SSSR count). The van der Waals surface area contributed by atoms with Crippen molar-refractivity contribution in [1.82, 2.24) is 9.80 Å². The van der Waals surface area contributed by atoms with Gasteiger partial charge in [0.05, 0.1) is 15.1 Å². The van der Waals surface area contributed by atoms with Crippen molar-refractivity contribution in [3.8, 4) is 0 Å². The number of carboxylic acid groups (broad SMARTS) is 1. The normalized spacial score (nSPS) is 16.0. The third-order valence-corrected chi connectivity index (χ3v) is 10.6. The van der Waals surface area contributed by atoms with E-state index in [0.29, 0.717) is 22.8 Å². The number of rotatable bonds is 14. The molecule has 234 valence electrons. The Morgan fingerprint density at radius 2 is 1.64 bits per heavy atom. The number of hydrogen-bond donors (Lipinski definition) is 1. The molecular formula is C34H41N3O6S. The molecule has 0 saturated carbocycles. The van der Waals surface area contributed by atoms with Gasteiger partial charge in [-0.25, -0.2) is 13.2 Å². The fourth-order valence-electron chi connectivity index (χ4n) is 5.76. The van der Waals surface area contributed by atoms with Gasteiger partial charge < -0.3 is 14.9 Å². The number of likely N-dealkylation sites (tertiary alicyclic amines) is 1. The average molecular weight is 620 g/mol. The van der Waals surface area contributed by atoms with Gasteiger partial charge in [0.15, 0.2) is 9.84 Å². The average Bonchev–Trinajstić information content (AvgIpc) is 3.04. The van der Waals surface area contributed by atoms with Crippen LogP contribution < -0.4 is 0 Å². The monoisotopic (exact) mass is 619 g/mol. The van der Waals surface area contributed by atoms with Crippen LogP contribution in [0.25, 0.3) is 0 Å². The molecule has 44 heavy (non-hydrogen) atoms. The first kappa shape index (κ1) is 32.9. The Hall–Kier alpha value is -4.02. The van der Waals surface area contributed by atoms with E-state index in [-0.39, 0.29) is 24.7 Å². The van der Waals surface area contributed by atoms with Crippen molar-refractivity contribution in [2.45, 2.75) is 55.2 Å². The highest BCUT2D eigenvalue weighted by atomic mass is 32.2. The summed E-state index contributed by atoms with van der Waals surface area (Å²) in [7, 11) is -3.42. The Balaban J connectivity index is 1.27. The number of amides is 1. The summed E-state index contributed by atoms with van der Waals surface area (Å²) in [5.74, 6) is 0.488. The van der Waals surface area contributed by atoms with E-state index in [2.05, 4.69) is 23.1 Å². The topological polar surface area (TPSA) is 121 Å². The molecule has 1 heterocycles. The number of sulfone groups is 1. The largest absolute Gasteiger partial charge is 0.465 e. The molecule has 0 unspecified atom stereocenters. The molecule has 2 atom stereocenters. The van der Waals surface area contributed by atoms with E-state index in [1.54, 1.807) is 36.4 Å². The van der Waals surface area contributed by atoms with Crippen LogP contribution >= 0.6 is 0 Å². The van der Waals surface area contributed by atoms with Crippen LogP contribution in [0, 0.1) is 16.0 Å². The van der Waals surface area contributed by atoms with Crippen molar-refractivity contribution in [2.24, 2.45) is 5.92 Å². The number of nitro groups is 1. The molecule has 1 N–H and O–H groups in total. The maximum absolute atomic E-state index is 13.3. The van der Waals surface area contributed by atoms with Crippen LogP contribution in [-0.2, 0) is 16.4 Å². The van der Waals surface area contributed by atoms with Crippen molar-refractivity contribution in [1.29, 1.82) is 0 Å². The van der Waals surface area contributed by atoms with Gasteiger partial charge in [0.25, 0.3) is 5.69 Å². The molecule has 0 aliphatic carbocycles. The summed E-state index contributed by atoms with van der Waals surface area (Å²) in [4.78, 5) is 26.3. The van der Waals surface area contributed by atoms with Gasteiger partial charge in [0, 0.05) is 25.2 Å². The molecule has 1 aliphatic heterocycles. The summed E-state index contributed by atoms with van der Waals surface area (Å²) in [5.41, 5.74) is 1.83. The van der Waals surface area contributed by atoms with Gasteiger partial charge in [-0.2, -0.15) is 0 Å². The predicted molar refractivity (Wildman–Crippen MR) is 171 cm³/mol. The van der Waals surface area contributed by atoms with Crippen LogP contribution in [-0.4, -0.2) is 65.8 Å². The van der Waals surface area contributed by atoms with E-state index in [1.807, 2.05) is 37.3 Å². The number of nitro benzene ring substituents is 1. The molecule has 3 aromatic carbocycles. The second kappa shape index (κ2) is 15.6. The lowest BCUT2D eigenvalue weighted by Gasteiger charge is -2.32. The number of nitrogens with zero attached hydrogens (tertiary/aromatic N) is 3. The summed E-state index contributed by atoms with van der Waals surface area (Å²) in [6.07, 6.45) is 6.34. The fraction of sp³-hybridized carbons (Fsp3) is 0.382. The third-order valence-electron chi connectivity index (χ3n) is 8.44. The first-order valence-electron chi connectivity index (χ1n) is 15.1. The Bertz CT molecular complexity index is 1490. The summed E-state index contributed by atoms with van der Waals surface area (Å²) < 4.78 is 26.5. The van der Waals surface area contributed by atoms with E-state index in [0.717, 1.165) is 44.5 Å². The molecule has 1 fully saturated rings. The molecule has 3 aromatic rings. The molecule has 1 amide bonds. The Labute approximate surface area is 259 Å². The molecule has 1 saturated heterocycles. The molecule has 0 spiro atoms. The van der Waals surface area contributed by atoms with Crippen LogP contribution in [0.2, 0.25) is 0 Å². The van der Waals surface area contributed by atoms with Gasteiger partial charge in [-0.15, -0.1) is 0 Å². The first-order chi connectivity index (χ1) is 21.1. The highest BCUT2D eigenvalue weighted by Crippen LogP contribution is 2.30. The smallest absolute Gasteiger partial charge is 0.407 e. The maximum atomic E-state index is 13.3. The number of allylic oxidation sites excluding steroid dienone is 1. The Kier molecular flexibility index (Phi) is 11.7. The van der Waals surface area contributed by atoms with Gasteiger partial charge in [0.1, 0.15) is 0 Å². The highest BCUT2D eigenvalue weighted by Gasteiger charge is 2.28. The number of hydrogen-bond acceptors (Lipinski definition) is 6. The summed E-state index contributed by atoms with van der Waals surface area (Å²) in [6, 6.07) is 24.8. The molecule has 0 bridgehead atoms. The van der Waals surface area contributed by atoms with E-state index in [9.17, 15) is 28.4 Å². The van der Waals surface area contributed by atoms with Gasteiger partial charge in [-0.3, -0.25) is 10.1 Å². The standard InChI is InChI=1S/C34H41N3O6S/c1-27(44(42,43)33-12-6-3-7-13-33)25-31(30-10-4-2-5-11-30)20-24-35-22-18-28(19-23-35)9-8-21-36(34(38)39)26-29-14-16-32(17-15-29)37(40)41/h2-17,27-28,31H,18-26H2,1H3,(H,38,39)/t27-,31-/m0/s1. The highest BCUT2D eigenvalue weighted by molar-refractivity contribution is 7.92. The van der Waals surface area contributed by atoms with E-state index in [1.165, 1.54) is 17.0 Å². The fourth-order valence-corrected chi connectivity index (χ4v) is 7.24. The minimum Gasteiger partial charge on any atom is -0.465 e. The molecule has 1 aliphatic rings. The van der Waals surface area contributed by atoms with Crippen molar-refractivity contribution in [3.63, 3.8) is 0 Å². The first-order valence-corrected chi connectivity index (χ1v) is 16.6. The zero-order chi connectivity index (χ0) is 31.5. The van der Waals surface area contributed by atoms with Gasteiger partial charge in [0.2, 0.25) is 0 Å². The summed E-state index contributed by atoms with van der Waals surface area (Å²) in [6.45, 7) is 4.96. The molecule has 0 aromatic heterocycles. The van der Waals surface area contributed by atoms with E-state index < -0.39 is 26.1 Å². The molecule has 10 heteroatoms. The number of non-ortho nitro benzene ring substituents is 1. The molecular weight excluding hydrogens is 578 g/mol. The van der Waals surface area contributed by atoms with E-state index in [4.69, 9.17) is 0 Å². The van der Waals surface area contributed by atoms with Crippen molar-refractivity contribution in [3.05, 3.63) is 118 Å². The van der Waals surface area contributed by atoms with Crippen LogP contribution in [0.15, 0.2) is 102 Å². The van der Waals surface area contributed by atoms with Crippen molar-refractivity contribution in [2.75, 3.05) is 26.2 Å². The summed E-state index contributed by atoms with van der Waals surface area (Å²) >= 11 is 0. The molecule has 0 radical (unpaired) electrons. The van der Waals surface area contributed by atoms with Crippen LogP contribution in [0.5, 0.6) is 0 Å². The third kappa shape index (κ3) is 9.24. The zero-order valence-electron chi connectivity index (χ0n) is 25.1. The van der Waals surface area contributed by atoms with Crippen molar-refractivity contribution >= 4 is 21.6 Å². The minimum atomic E-state index is -3.42. The lowest BCUT2D eigenvalue weighted by molar-refractivity contribution is -0.384. The Morgan fingerprint density at radius 1 is 1.02 bits per heavy atom. The number of carbonyl (C=O) groups is 1. The lowest BCUT2D eigenvalue weighted by Crippen LogP contribution is -2.35. The van der Waals surface area contributed by atoms with Crippen LogP contribution in [0.4, 0.5) is 10.5 Å². The van der Waals surface area contributed by atoms with Gasteiger partial charge in [-0.05, 0) is 87.3 Å². The second-order valence-electron chi connectivity index (χ2n) is 11.5. The van der Waals surface area contributed by atoms with Gasteiger partial charge in [-0.1, -0.05) is 72.8 Å². The van der Waals surface area contributed by atoms with Crippen LogP contribution in [0.3, 0.4) is 0 Å². The quantitative estimate of drug-likeness (QED) is 0.120. The maximum Gasteiger partial charge on any atom is 0.407 e. The van der Waals surface area contributed by atoms with Gasteiger partial charge >= 0.3 is 6.09 Å². The SMILES string of the molecule is C[C@@H](C[C@H](CCN1CCC(C=CCN(Cc2ccc([N+](=O)[O-])cc2)C(=O)O)CC1)c1ccccc1)S(=O)(=O)c1ccccc1. The number of benzene rings is 3. The van der Waals surface area contributed by atoms with E-state index >= 15 is 0 Å². The zero-order valence-corrected chi connectivity index (χ0v) is 25.9.